The van der Waals surface area contributed by atoms with Crippen LogP contribution >= 0.6 is 11.3 Å². The molecule has 102 valence electrons. The fraction of sp³-hybridized carbons (Fsp3) is 0.357. The predicted octanol–water partition coefficient (Wildman–Crippen LogP) is 2.63. The van der Waals surface area contributed by atoms with E-state index < -0.39 is 0 Å². The molecule has 19 heavy (non-hydrogen) atoms. The molecule has 0 saturated heterocycles. The van der Waals surface area contributed by atoms with E-state index in [1.807, 2.05) is 18.4 Å². The maximum atomic E-state index is 5.74. The number of hydrazine groups is 1. The number of methoxy groups -OCH3 is 1. The van der Waals surface area contributed by atoms with Crippen LogP contribution < -0.4 is 16.0 Å². The van der Waals surface area contributed by atoms with Crippen molar-refractivity contribution in [2.75, 3.05) is 7.11 Å². The van der Waals surface area contributed by atoms with Crippen molar-refractivity contribution in [1.29, 1.82) is 0 Å². The molecule has 5 heteroatoms. The van der Waals surface area contributed by atoms with Crippen LogP contribution in [0.4, 0.5) is 0 Å². The summed E-state index contributed by atoms with van der Waals surface area (Å²) in [5, 5.41) is 3.05. The van der Waals surface area contributed by atoms with Gasteiger partial charge in [0.05, 0.1) is 23.9 Å². The zero-order valence-corrected chi connectivity index (χ0v) is 12.5. The Morgan fingerprint density at radius 2 is 2.05 bits per heavy atom. The highest BCUT2D eigenvalue weighted by atomic mass is 32.1. The van der Waals surface area contributed by atoms with E-state index in [4.69, 9.17) is 10.6 Å². The highest BCUT2D eigenvalue weighted by Gasteiger charge is 2.21. The van der Waals surface area contributed by atoms with Crippen molar-refractivity contribution in [3.05, 3.63) is 44.9 Å². The molecule has 0 aliphatic heterocycles. The molecule has 0 radical (unpaired) electrons. The normalized spacial score (nSPS) is 12.5. The second-order valence-electron chi connectivity index (χ2n) is 4.59. The highest BCUT2D eigenvalue weighted by Crippen LogP contribution is 2.33. The van der Waals surface area contributed by atoms with Crippen molar-refractivity contribution >= 4 is 11.3 Å². The average Bonchev–Trinajstić information content (AvgIpc) is 2.78. The first-order valence-electron chi connectivity index (χ1n) is 6.10. The number of aryl methyl sites for hydroxylation is 3. The number of nitrogens with zero attached hydrogens (tertiary/aromatic N) is 1. The van der Waals surface area contributed by atoms with Gasteiger partial charge in [-0.3, -0.25) is 5.84 Å². The summed E-state index contributed by atoms with van der Waals surface area (Å²) in [6.45, 7) is 6.10. The Kier molecular flexibility index (Phi) is 4.19. The third-order valence-electron chi connectivity index (χ3n) is 3.10. The van der Waals surface area contributed by atoms with Crippen LogP contribution in [0.3, 0.4) is 0 Å². The Labute approximate surface area is 117 Å². The molecule has 0 saturated carbocycles. The van der Waals surface area contributed by atoms with E-state index in [2.05, 4.69) is 30.3 Å². The summed E-state index contributed by atoms with van der Waals surface area (Å²) in [7, 11) is 1.68. The lowest BCUT2D eigenvalue weighted by Gasteiger charge is -2.20. The minimum Gasteiger partial charge on any atom is -0.496 e. The van der Waals surface area contributed by atoms with Crippen molar-refractivity contribution in [3.8, 4) is 5.75 Å². The summed E-state index contributed by atoms with van der Waals surface area (Å²) in [4.78, 5) is 4.52. The van der Waals surface area contributed by atoms with Crippen LogP contribution in [0.5, 0.6) is 5.75 Å². The number of nitrogens with two attached hydrogens (primary N) is 1. The quantitative estimate of drug-likeness (QED) is 0.666. The van der Waals surface area contributed by atoms with E-state index in [9.17, 15) is 0 Å². The number of rotatable bonds is 4. The van der Waals surface area contributed by atoms with Crippen molar-refractivity contribution in [1.82, 2.24) is 10.4 Å². The minimum atomic E-state index is -0.152. The van der Waals surface area contributed by atoms with Crippen molar-refractivity contribution < 1.29 is 4.74 Å². The number of hydrogen-bond donors (Lipinski definition) is 2. The molecule has 0 aliphatic rings. The number of thiazole rings is 1. The number of ether oxygens (including phenoxy) is 1. The molecule has 1 aromatic carbocycles. The van der Waals surface area contributed by atoms with Gasteiger partial charge in [-0.15, -0.1) is 11.3 Å². The van der Waals surface area contributed by atoms with E-state index in [-0.39, 0.29) is 6.04 Å². The van der Waals surface area contributed by atoms with Gasteiger partial charge in [-0.05, 0) is 38.0 Å². The van der Waals surface area contributed by atoms with Gasteiger partial charge in [-0.25, -0.2) is 10.4 Å². The Bertz CT molecular complexity index is 580. The molecule has 4 nitrogen and oxygen atoms in total. The number of hydrogen-bond acceptors (Lipinski definition) is 5. The van der Waals surface area contributed by atoms with E-state index in [0.717, 1.165) is 27.6 Å². The average molecular weight is 277 g/mol. The maximum absolute atomic E-state index is 5.74. The minimum absolute atomic E-state index is 0.152. The van der Waals surface area contributed by atoms with Crippen molar-refractivity contribution in [2.24, 2.45) is 5.84 Å². The molecule has 1 unspecified atom stereocenters. The first-order valence-corrected chi connectivity index (χ1v) is 6.98. The van der Waals surface area contributed by atoms with Crippen LogP contribution in [0.1, 0.15) is 33.4 Å². The largest absolute Gasteiger partial charge is 0.496 e. The van der Waals surface area contributed by atoms with Gasteiger partial charge in [0, 0.05) is 10.9 Å². The summed E-state index contributed by atoms with van der Waals surface area (Å²) >= 11 is 1.62. The van der Waals surface area contributed by atoms with Gasteiger partial charge in [0.2, 0.25) is 0 Å². The summed E-state index contributed by atoms with van der Waals surface area (Å²) < 4.78 is 5.50. The molecule has 0 amide bonds. The summed E-state index contributed by atoms with van der Waals surface area (Å²) in [5.74, 6) is 6.57. The second-order valence-corrected chi connectivity index (χ2v) is 5.65. The fourth-order valence-corrected chi connectivity index (χ4v) is 2.95. The standard InChI is InChI=1S/C14H19N3OS/c1-8-5-9(2)13(12(6-8)18-4)14(17-15)11-7-19-10(3)16-11/h5-7,14,17H,15H2,1-4H3. The summed E-state index contributed by atoms with van der Waals surface area (Å²) in [6, 6.07) is 3.99. The third-order valence-corrected chi connectivity index (χ3v) is 3.89. The molecule has 3 N–H and O–H groups in total. The van der Waals surface area contributed by atoms with Crippen LogP contribution in [0.15, 0.2) is 17.5 Å². The Morgan fingerprint density at radius 1 is 1.32 bits per heavy atom. The lowest BCUT2D eigenvalue weighted by Crippen LogP contribution is -2.30. The number of nitrogens with one attached hydrogen (secondary N) is 1. The molecule has 1 heterocycles. The van der Waals surface area contributed by atoms with Gasteiger partial charge in [-0.2, -0.15) is 0 Å². The van der Waals surface area contributed by atoms with Gasteiger partial charge in [0.15, 0.2) is 0 Å². The van der Waals surface area contributed by atoms with Crippen LogP contribution in [-0.4, -0.2) is 12.1 Å². The van der Waals surface area contributed by atoms with Crippen LogP contribution in [0.2, 0.25) is 0 Å². The molecule has 1 atom stereocenters. The van der Waals surface area contributed by atoms with Crippen molar-refractivity contribution in [3.63, 3.8) is 0 Å². The van der Waals surface area contributed by atoms with Gasteiger partial charge in [0.1, 0.15) is 5.75 Å². The van der Waals surface area contributed by atoms with E-state index in [1.165, 1.54) is 5.56 Å². The monoisotopic (exact) mass is 277 g/mol. The van der Waals surface area contributed by atoms with Crippen LogP contribution in [-0.2, 0) is 0 Å². The molecule has 0 bridgehead atoms. The first kappa shape index (κ1) is 14.0. The molecular weight excluding hydrogens is 258 g/mol. The zero-order valence-electron chi connectivity index (χ0n) is 11.7. The highest BCUT2D eigenvalue weighted by molar-refractivity contribution is 7.09. The predicted molar refractivity (Wildman–Crippen MR) is 78.5 cm³/mol. The Hall–Kier alpha value is -1.43. The molecule has 0 spiro atoms. The smallest absolute Gasteiger partial charge is 0.124 e. The number of benzene rings is 1. The lowest BCUT2D eigenvalue weighted by atomic mass is 9.96. The lowest BCUT2D eigenvalue weighted by molar-refractivity contribution is 0.403. The summed E-state index contributed by atoms with van der Waals surface area (Å²) in [5.41, 5.74) is 7.13. The van der Waals surface area contributed by atoms with Gasteiger partial charge in [0.25, 0.3) is 0 Å². The molecule has 2 aromatic rings. The Balaban J connectivity index is 2.55. The van der Waals surface area contributed by atoms with Gasteiger partial charge >= 0.3 is 0 Å². The van der Waals surface area contributed by atoms with Gasteiger partial charge in [-0.1, -0.05) is 6.07 Å². The summed E-state index contributed by atoms with van der Waals surface area (Å²) in [6.07, 6.45) is 0. The zero-order chi connectivity index (χ0) is 14.0. The van der Waals surface area contributed by atoms with E-state index in [1.54, 1.807) is 18.4 Å². The fourth-order valence-electron chi connectivity index (χ4n) is 2.31. The molecule has 0 fully saturated rings. The topological polar surface area (TPSA) is 60.2 Å². The molecule has 2 rings (SSSR count). The van der Waals surface area contributed by atoms with Crippen LogP contribution in [0.25, 0.3) is 0 Å². The van der Waals surface area contributed by atoms with Crippen LogP contribution in [0, 0.1) is 20.8 Å². The van der Waals surface area contributed by atoms with Gasteiger partial charge < -0.3 is 4.74 Å². The molecule has 1 aromatic heterocycles. The molecule has 0 aliphatic carbocycles. The molecular formula is C14H19N3OS. The third kappa shape index (κ3) is 2.78. The van der Waals surface area contributed by atoms with E-state index >= 15 is 0 Å². The Morgan fingerprint density at radius 3 is 2.58 bits per heavy atom. The SMILES string of the molecule is COc1cc(C)cc(C)c1C(NN)c1csc(C)n1. The first-order chi connectivity index (χ1) is 9.06. The van der Waals surface area contributed by atoms with E-state index in [0.29, 0.717) is 0 Å². The second kappa shape index (κ2) is 5.69. The maximum Gasteiger partial charge on any atom is 0.124 e. The number of aromatic nitrogens is 1. The van der Waals surface area contributed by atoms with Crippen molar-refractivity contribution in [2.45, 2.75) is 26.8 Å².